The zero-order valence-corrected chi connectivity index (χ0v) is 11.2. The quantitative estimate of drug-likeness (QED) is 0.788. The van der Waals surface area contributed by atoms with Crippen LogP contribution in [0.1, 0.15) is 17.5 Å². The highest BCUT2D eigenvalue weighted by atomic mass is 35.5. The van der Waals surface area contributed by atoms with E-state index >= 15 is 0 Å². The first-order chi connectivity index (χ1) is 9.28. The molecule has 3 aromatic rings. The normalized spacial score (nSPS) is 12.7. The highest BCUT2D eigenvalue weighted by Crippen LogP contribution is 2.28. The number of pyridine rings is 1. The van der Waals surface area contributed by atoms with Gasteiger partial charge in [-0.25, -0.2) is 0 Å². The van der Waals surface area contributed by atoms with Crippen molar-refractivity contribution >= 4 is 22.6 Å². The number of furan rings is 1. The SMILES string of the molecule is CNC(c1ccccn1)c1cc2cc(Cl)ccc2o1. The highest BCUT2D eigenvalue weighted by Gasteiger charge is 2.17. The molecule has 3 rings (SSSR count). The molecule has 2 aromatic heterocycles. The fraction of sp³-hybridized carbons (Fsp3) is 0.133. The lowest BCUT2D eigenvalue weighted by atomic mass is 10.1. The largest absolute Gasteiger partial charge is 0.459 e. The van der Waals surface area contributed by atoms with Gasteiger partial charge >= 0.3 is 0 Å². The van der Waals surface area contributed by atoms with Crippen LogP contribution >= 0.6 is 11.6 Å². The average molecular weight is 273 g/mol. The standard InChI is InChI=1S/C15H13ClN2O/c1-17-15(12-4-2-3-7-18-12)14-9-10-8-11(16)5-6-13(10)19-14/h2-9,15,17H,1H3. The monoisotopic (exact) mass is 272 g/mol. The van der Waals surface area contributed by atoms with E-state index in [2.05, 4.69) is 10.3 Å². The van der Waals surface area contributed by atoms with Gasteiger partial charge in [-0.3, -0.25) is 4.98 Å². The van der Waals surface area contributed by atoms with Gasteiger partial charge in [0.1, 0.15) is 17.4 Å². The summed E-state index contributed by atoms with van der Waals surface area (Å²) in [6.07, 6.45) is 1.78. The molecule has 0 saturated carbocycles. The van der Waals surface area contributed by atoms with Crippen molar-refractivity contribution in [2.45, 2.75) is 6.04 Å². The van der Waals surface area contributed by atoms with Gasteiger partial charge in [0.15, 0.2) is 0 Å². The number of hydrogen-bond donors (Lipinski definition) is 1. The molecule has 0 bridgehead atoms. The van der Waals surface area contributed by atoms with Crippen molar-refractivity contribution in [2.75, 3.05) is 7.05 Å². The molecule has 96 valence electrons. The molecule has 0 aliphatic rings. The topological polar surface area (TPSA) is 38.1 Å². The van der Waals surface area contributed by atoms with Crippen molar-refractivity contribution < 1.29 is 4.42 Å². The van der Waals surface area contributed by atoms with Gasteiger partial charge < -0.3 is 9.73 Å². The number of nitrogens with zero attached hydrogens (tertiary/aromatic N) is 1. The Hall–Kier alpha value is -1.84. The first-order valence-corrected chi connectivity index (χ1v) is 6.43. The summed E-state index contributed by atoms with van der Waals surface area (Å²) < 4.78 is 5.87. The Bertz CT molecular complexity index is 694. The van der Waals surface area contributed by atoms with Crippen LogP contribution in [0.25, 0.3) is 11.0 Å². The molecule has 19 heavy (non-hydrogen) atoms. The maximum atomic E-state index is 5.99. The number of hydrogen-bond acceptors (Lipinski definition) is 3. The Balaban J connectivity index is 2.07. The van der Waals surface area contributed by atoms with Gasteiger partial charge in [0.2, 0.25) is 0 Å². The van der Waals surface area contributed by atoms with Crippen LogP contribution in [0.5, 0.6) is 0 Å². The van der Waals surface area contributed by atoms with E-state index in [-0.39, 0.29) is 6.04 Å². The Morgan fingerprint density at radius 3 is 2.84 bits per heavy atom. The van der Waals surface area contributed by atoms with E-state index in [0.717, 1.165) is 22.4 Å². The Morgan fingerprint density at radius 2 is 2.11 bits per heavy atom. The second-order valence-corrected chi connectivity index (χ2v) is 4.74. The second kappa shape index (κ2) is 5.03. The summed E-state index contributed by atoms with van der Waals surface area (Å²) in [5.41, 5.74) is 1.76. The summed E-state index contributed by atoms with van der Waals surface area (Å²) in [7, 11) is 1.89. The Morgan fingerprint density at radius 1 is 1.21 bits per heavy atom. The minimum Gasteiger partial charge on any atom is -0.459 e. The fourth-order valence-corrected chi connectivity index (χ4v) is 2.34. The van der Waals surface area contributed by atoms with Gasteiger partial charge in [-0.15, -0.1) is 0 Å². The summed E-state index contributed by atoms with van der Waals surface area (Å²) in [6, 6.07) is 13.4. The van der Waals surface area contributed by atoms with E-state index in [0.29, 0.717) is 5.02 Å². The number of rotatable bonds is 3. The van der Waals surface area contributed by atoms with Crippen LogP contribution in [-0.2, 0) is 0 Å². The van der Waals surface area contributed by atoms with Crippen molar-refractivity contribution in [3.8, 4) is 0 Å². The molecule has 0 fully saturated rings. The van der Waals surface area contributed by atoms with Crippen LogP contribution in [0, 0.1) is 0 Å². The van der Waals surface area contributed by atoms with Crippen molar-refractivity contribution in [3.05, 3.63) is 65.1 Å². The van der Waals surface area contributed by atoms with Crippen molar-refractivity contribution in [1.82, 2.24) is 10.3 Å². The van der Waals surface area contributed by atoms with Crippen LogP contribution in [0.15, 0.2) is 53.1 Å². The van der Waals surface area contributed by atoms with Crippen molar-refractivity contribution in [3.63, 3.8) is 0 Å². The number of fused-ring (bicyclic) bond motifs is 1. The average Bonchev–Trinajstić information content (AvgIpc) is 2.83. The predicted molar refractivity (Wildman–Crippen MR) is 76.4 cm³/mol. The van der Waals surface area contributed by atoms with Crippen LogP contribution in [0.3, 0.4) is 0 Å². The van der Waals surface area contributed by atoms with Gasteiger partial charge in [0, 0.05) is 16.6 Å². The van der Waals surface area contributed by atoms with Gasteiger partial charge in [-0.1, -0.05) is 17.7 Å². The molecule has 1 unspecified atom stereocenters. The third-order valence-corrected chi connectivity index (χ3v) is 3.29. The summed E-state index contributed by atoms with van der Waals surface area (Å²) >= 11 is 5.99. The molecule has 2 heterocycles. The minimum absolute atomic E-state index is 0.0626. The predicted octanol–water partition coefficient (Wildman–Crippen LogP) is 3.79. The first-order valence-electron chi connectivity index (χ1n) is 6.05. The van der Waals surface area contributed by atoms with E-state index in [1.165, 1.54) is 0 Å². The number of nitrogens with one attached hydrogen (secondary N) is 1. The molecular weight excluding hydrogens is 260 g/mol. The zero-order valence-electron chi connectivity index (χ0n) is 10.4. The summed E-state index contributed by atoms with van der Waals surface area (Å²) in [6.45, 7) is 0. The minimum atomic E-state index is -0.0626. The zero-order chi connectivity index (χ0) is 13.2. The Labute approximate surface area is 116 Å². The molecule has 1 aromatic carbocycles. The molecule has 0 amide bonds. The second-order valence-electron chi connectivity index (χ2n) is 4.31. The number of aromatic nitrogens is 1. The molecule has 0 saturated heterocycles. The van der Waals surface area contributed by atoms with E-state index in [4.69, 9.17) is 16.0 Å². The van der Waals surface area contributed by atoms with E-state index < -0.39 is 0 Å². The lowest BCUT2D eigenvalue weighted by molar-refractivity contribution is 0.486. The number of halogens is 1. The summed E-state index contributed by atoms with van der Waals surface area (Å²) in [5.74, 6) is 0.832. The van der Waals surface area contributed by atoms with Crippen molar-refractivity contribution in [1.29, 1.82) is 0 Å². The van der Waals surface area contributed by atoms with E-state index in [9.17, 15) is 0 Å². The van der Waals surface area contributed by atoms with Crippen LogP contribution < -0.4 is 5.32 Å². The molecule has 4 heteroatoms. The van der Waals surface area contributed by atoms with Gasteiger partial charge in [0.05, 0.1) is 5.69 Å². The van der Waals surface area contributed by atoms with Crippen LogP contribution in [-0.4, -0.2) is 12.0 Å². The Kier molecular flexibility index (Phi) is 3.23. The van der Waals surface area contributed by atoms with Crippen LogP contribution in [0.4, 0.5) is 0 Å². The molecule has 0 aliphatic heterocycles. The molecule has 1 atom stereocenters. The summed E-state index contributed by atoms with van der Waals surface area (Å²) in [4.78, 5) is 4.37. The third-order valence-electron chi connectivity index (χ3n) is 3.05. The lowest BCUT2D eigenvalue weighted by Gasteiger charge is -2.12. The third kappa shape index (κ3) is 2.35. The van der Waals surface area contributed by atoms with Crippen molar-refractivity contribution in [2.24, 2.45) is 0 Å². The maximum absolute atomic E-state index is 5.99. The summed E-state index contributed by atoms with van der Waals surface area (Å²) in [5, 5.41) is 4.93. The van der Waals surface area contributed by atoms with Crippen LogP contribution in [0.2, 0.25) is 5.02 Å². The molecule has 1 N–H and O–H groups in total. The molecule has 0 spiro atoms. The van der Waals surface area contributed by atoms with Gasteiger partial charge in [-0.05, 0) is 43.4 Å². The van der Waals surface area contributed by atoms with Gasteiger partial charge in [0.25, 0.3) is 0 Å². The highest BCUT2D eigenvalue weighted by molar-refractivity contribution is 6.31. The lowest BCUT2D eigenvalue weighted by Crippen LogP contribution is -2.18. The van der Waals surface area contributed by atoms with E-state index in [1.54, 1.807) is 6.20 Å². The van der Waals surface area contributed by atoms with E-state index in [1.807, 2.05) is 49.5 Å². The molecular formula is C15H13ClN2O. The molecule has 0 radical (unpaired) electrons. The molecule has 3 nitrogen and oxygen atoms in total. The maximum Gasteiger partial charge on any atom is 0.134 e. The first kappa shape index (κ1) is 12.2. The number of benzene rings is 1. The van der Waals surface area contributed by atoms with Gasteiger partial charge in [-0.2, -0.15) is 0 Å². The molecule has 0 aliphatic carbocycles. The smallest absolute Gasteiger partial charge is 0.134 e. The fourth-order valence-electron chi connectivity index (χ4n) is 2.16.